The van der Waals surface area contributed by atoms with Crippen molar-refractivity contribution in [3.05, 3.63) is 78.2 Å². The van der Waals surface area contributed by atoms with Crippen LogP contribution in [0.1, 0.15) is 30.2 Å². The normalized spacial score (nSPS) is 16.7. The largest absolute Gasteiger partial charge is 0.497 e. The number of aliphatic hydroxyl groups is 1. The summed E-state index contributed by atoms with van der Waals surface area (Å²) < 4.78 is 40.4. The molecule has 1 unspecified atom stereocenters. The van der Waals surface area contributed by atoms with Gasteiger partial charge in [0.15, 0.2) is 0 Å². The van der Waals surface area contributed by atoms with E-state index >= 15 is 0 Å². The van der Waals surface area contributed by atoms with Crippen LogP contribution in [0.4, 0.5) is 8.78 Å². The summed E-state index contributed by atoms with van der Waals surface area (Å²) in [5.74, 6) is 0.413. The van der Waals surface area contributed by atoms with Crippen molar-refractivity contribution in [2.45, 2.75) is 30.9 Å². The van der Waals surface area contributed by atoms with Crippen LogP contribution in [0.15, 0.2) is 59.6 Å². The molecule has 0 aliphatic carbocycles. The fraction of sp³-hybridized carbons (Fsp3) is 0.360. The summed E-state index contributed by atoms with van der Waals surface area (Å²) in [5.41, 5.74) is -0.782. The van der Waals surface area contributed by atoms with Crippen LogP contribution in [0.5, 0.6) is 5.75 Å². The van der Waals surface area contributed by atoms with E-state index in [4.69, 9.17) is 9.26 Å². The molecule has 1 aliphatic heterocycles. The van der Waals surface area contributed by atoms with Crippen LogP contribution in [0.3, 0.4) is 0 Å². The number of hydrogen-bond donors (Lipinski definition) is 1. The highest BCUT2D eigenvalue weighted by molar-refractivity contribution is 5.55. The minimum Gasteiger partial charge on any atom is -0.497 e. The van der Waals surface area contributed by atoms with E-state index in [0.717, 1.165) is 36.3 Å². The summed E-state index contributed by atoms with van der Waals surface area (Å²) in [6, 6.07) is 10.6. The molecular formula is C25H26F2N6O3. The lowest BCUT2D eigenvalue weighted by molar-refractivity contribution is -0.0271. The maximum absolute atomic E-state index is 14.7. The van der Waals surface area contributed by atoms with Gasteiger partial charge in [0.25, 0.3) is 0 Å². The summed E-state index contributed by atoms with van der Waals surface area (Å²) in [4.78, 5) is 10.5. The Bertz CT molecular complexity index is 1290. The monoisotopic (exact) mass is 496 g/mol. The minimum atomic E-state index is -1.63. The summed E-state index contributed by atoms with van der Waals surface area (Å²) in [6.07, 6.45) is 4.26. The molecular weight excluding hydrogens is 470 g/mol. The average molecular weight is 497 g/mol. The van der Waals surface area contributed by atoms with Crippen molar-refractivity contribution in [1.29, 1.82) is 0 Å². The van der Waals surface area contributed by atoms with E-state index in [1.165, 1.54) is 23.4 Å². The van der Waals surface area contributed by atoms with E-state index in [9.17, 15) is 13.9 Å². The van der Waals surface area contributed by atoms with Crippen LogP contribution in [-0.2, 0) is 12.1 Å². The zero-order valence-electron chi connectivity index (χ0n) is 19.7. The maximum atomic E-state index is 14.7. The van der Waals surface area contributed by atoms with Gasteiger partial charge in [-0.2, -0.15) is 10.1 Å². The Morgan fingerprint density at radius 2 is 1.89 bits per heavy atom. The van der Waals surface area contributed by atoms with Crippen molar-refractivity contribution >= 4 is 0 Å². The Hall–Kier alpha value is -3.70. The number of nitrogens with zero attached hydrogens (tertiary/aromatic N) is 6. The number of piperidine rings is 1. The molecule has 3 heterocycles. The first-order valence-electron chi connectivity index (χ1n) is 11.6. The molecule has 9 nitrogen and oxygen atoms in total. The standard InChI is InChI=1S/C25H26F2N6O3/c1-35-20-5-2-17(3-6-20)23-30-24(36-31-23)18-8-10-32(11-9-18)13-25(34,14-33-16-28-15-29-33)21-7-4-19(26)12-22(21)27/h2-7,12,15-16,18,34H,8-11,13-14H2,1H3. The van der Waals surface area contributed by atoms with Gasteiger partial charge in [0.1, 0.15) is 35.6 Å². The molecule has 0 amide bonds. The lowest BCUT2D eigenvalue weighted by atomic mass is 9.90. The van der Waals surface area contributed by atoms with Gasteiger partial charge in [-0.25, -0.2) is 18.4 Å². The number of benzene rings is 2. The Morgan fingerprint density at radius 3 is 2.56 bits per heavy atom. The molecule has 1 aliphatic rings. The summed E-state index contributed by atoms with van der Waals surface area (Å²) in [7, 11) is 1.61. The zero-order valence-corrected chi connectivity index (χ0v) is 19.7. The molecule has 5 rings (SSSR count). The number of aromatic nitrogens is 5. The number of ether oxygens (including phenoxy) is 1. The van der Waals surface area contributed by atoms with Crippen molar-refractivity contribution in [2.24, 2.45) is 0 Å². The summed E-state index contributed by atoms with van der Waals surface area (Å²) in [5, 5.41) is 19.8. The highest BCUT2D eigenvalue weighted by Gasteiger charge is 2.37. The molecule has 11 heteroatoms. The molecule has 0 saturated carbocycles. The summed E-state index contributed by atoms with van der Waals surface area (Å²) >= 11 is 0. The van der Waals surface area contributed by atoms with Crippen LogP contribution in [0, 0.1) is 11.6 Å². The van der Waals surface area contributed by atoms with Gasteiger partial charge < -0.3 is 19.3 Å². The average Bonchev–Trinajstić information content (AvgIpc) is 3.57. The third-order valence-electron chi connectivity index (χ3n) is 6.53. The number of rotatable bonds is 8. The van der Waals surface area contributed by atoms with Crippen molar-refractivity contribution < 1.29 is 23.1 Å². The molecule has 2 aromatic carbocycles. The fourth-order valence-corrected chi connectivity index (χ4v) is 4.64. The second-order valence-corrected chi connectivity index (χ2v) is 8.98. The van der Waals surface area contributed by atoms with Gasteiger partial charge in [-0.3, -0.25) is 0 Å². The van der Waals surface area contributed by atoms with Crippen LogP contribution in [0.2, 0.25) is 0 Å². The molecule has 1 saturated heterocycles. The molecule has 1 N–H and O–H groups in total. The Morgan fingerprint density at radius 1 is 1.11 bits per heavy atom. The van der Waals surface area contributed by atoms with E-state index in [-0.39, 0.29) is 24.6 Å². The minimum absolute atomic E-state index is 0.0163. The van der Waals surface area contributed by atoms with Crippen LogP contribution >= 0.6 is 0 Å². The van der Waals surface area contributed by atoms with Gasteiger partial charge in [0.2, 0.25) is 11.7 Å². The second kappa shape index (κ2) is 10.1. The lowest BCUT2D eigenvalue weighted by Crippen LogP contribution is -2.47. The van der Waals surface area contributed by atoms with Crippen molar-refractivity contribution in [2.75, 3.05) is 26.7 Å². The lowest BCUT2D eigenvalue weighted by Gasteiger charge is -2.37. The SMILES string of the molecule is COc1ccc(-c2noc(C3CCN(CC(O)(Cn4cncn4)c4ccc(F)cc4F)CC3)n2)cc1. The number of methoxy groups -OCH3 is 1. The van der Waals surface area contributed by atoms with Gasteiger partial charge in [-0.1, -0.05) is 11.2 Å². The highest BCUT2D eigenvalue weighted by atomic mass is 19.1. The molecule has 188 valence electrons. The molecule has 2 aromatic heterocycles. The topological polar surface area (TPSA) is 102 Å². The number of hydrogen-bond acceptors (Lipinski definition) is 8. The smallest absolute Gasteiger partial charge is 0.230 e. The zero-order chi connectivity index (χ0) is 25.1. The molecule has 1 fully saturated rings. The van der Waals surface area contributed by atoms with Crippen LogP contribution < -0.4 is 4.74 Å². The third kappa shape index (κ3) is 5.12. The van der Waals surface area contributed by atoms with E-state index in [1.807, 2.05) is 24.3 Å². The first kappa shape index (κ1) is 24.0. The Balaban J connectivity index is 1.27. The first-order chi connectivity index (χ1) is 17.4. The van der Waals surface area contributed by atoms with Gasteiger partial charge in [-0.05, 0) is 56.3 Å². The van der Waals surface area contributed by atoms with E-state index in [2.05, 4.69) is 25.1 Å². The predicted octanol–water partition coefficient (Wildman–Crippen LogP) is 3.38. The predicted molar refractivity (Wildman–Crippen MR) is 125 cm³/mol. The van der Waals surface area contributed by atoms with Crippen molar-refractivity contribution in [3.8, 4) is 17.1 Å². The van der Waals surface area contributed by atoms with E-state index in [1.54, 1.807) is 7.11 Å². The quantitative estimate of drug-likeness (QED) is 0.396. The van der Waals surface area contributed by atoms with E-state index < -0.39 is 17.2 Å². The highest BCUT2D eigenvalue weighted by Crippen LogP contribution is 2.32. The van der Waals surface area contributed by atoms with Gasteiger partial charge in [0.05, 0.1) is 13.7 Å². The Kier molecular flexibility index (Phi) is 6.75. The van der Waals surface area contributed by atoms with Gasteiger partial charge in [-0.15, -0.1) is 0 Å². The van der Waals surface area contributed by atoms with Gasteiger partial charge >= 0.3 is 0 Å². The molecule has 4 aromatic rings. The van der Waals surface area contributed by atoms with Crippen LogP contribution in [0.25, 0.3) is 11.4 Å². The van der Waals surface area contributed by atoms with Gasteiger partial charge in [0, 0.05) is 29.7 Å². The van der Waals surface area contributed by atoms with Crippen molar-refractivity contribution in [3.63, 3.8) is 0 Å². The molecule has 0 radical (unpaired) electrons. The number of likely N-dealkylation sites (tertiary alicyclic amines) is 1. The second-order valence-electron chi connectivity index (χ2n) is 8.98. The molecule has 36 heavy (non-hydrogen) atoms. The van der Waals surface area contributed by atoms with Crippen LogP contribution in [-0.4, -0.2) is 61.7 Å². The fourth-order valence-electron chi connectivity index (χ4n) is 4.64. The third-order valence-corrected chi connectivity index (χ3v) is 6.53. The van der Waals surface area contributed by atoms with Crippen molar-refractivity contribution in [1.82, 2.24) is 29.8 Å². The maximum Gasteiger partial charge on any atom is 0.230 e. The summed E-state index contributed by atoms with van der Waals surface area (Å²) in [6.45, 7) is 1.38. The molecule has 1 atom stereocenters. The number of halogens is 2. The molecule has 0 spiro atoms. The Labute approximate surface area is 206 Å². The first-order valence-corrected chi connectivity index (χ1v) is 11.6. The van der Waals surface area contributed by atoms with E-state index in [0.29, 0.717) is 24.8 Å². The molecule has 0 bridgehead atoms. The number of β-amino-alcohol motifs (C(OH)–C–C–N with tert-alkyl or cyclic N) is 1.